The average Bonchev–Trinajstić information content (AvgIpc) is 3.17. The minimum atomic E-state index is -0.0287. The number of urea groups is 1. The molecule has 2 aliphatic heterocycles. The third-order valence-corrected chi connectivity index (χ3v) is 6.41. The Morgan fingerprint density at radius 1 is 1.15 bits per heavy atom. The van der Waals surface area contributed by atoms with E-state index in [-0.39, 0.29) is 11.9 Å². The van der Waals surface area contributed by atoms with Gasteiger partial charge in [0.05, 0.1) is 17.5 Å². The van der Waals surface area contributed by atoms with Gasteiger partial charge in [0.15, 0.2) is 0 Å². The molecular weight excluding hydrogens is 436 g/mol. The largest absolute Gasteiger partial charge is 0.338 e. The summed E-state index contributed by atoms with van der Waals surface area (Å²) in [6.07, 6.45) is 0.855. The minimum absolute atomic E-state index is 0.0287. The maximum absolute atomic E-state index is 12.6. The van der Waals surface area contributed by atoms with Crippen LogP contribution < -0.4 is 5.48 Å². The molecule has 8 heteroatoms. The van der Waals surface area contributed by atoms with Crippen LogP contribution in [0.5, 0.6) is 0 Å². The molecule has 5 rings (SSSR count). The number of likely N-dealkylation sites (N-methyl/N-ethyl adjacent to an activating group) is 1. The quantitative estimate of drug-likeness (QED) is 0.340. The van der Waals surface area contributed by atoms with Gasteiger partial charge in [-0.25, -0.2) is 10.3 Å². The molecule has 2 amide bonds. The molecule has 33 heavy (non-hydrogen) atoms. The van der Waals surface area contributed by atoms with Gasteiger partial charge in [0.25, 0.3) is 0 Å². The van der Waals surface area contributed by atoms with Crippen LogP contribution in [0.3, 0.4) is 0 Å². The molecule has 0 radical (unpaired) electrons. The molecule has 1 unspecified atom stereocenters. The number of thiocarbonyl (C=S) groups is 1. The summed E-state index contributed by atoms with van der Waals surface area (Å²) in [4.78, 5) is 27.8. The number of nitrogens with zero attached hydrogens (tertiary/aromatic N) is 3. The second-order valence-corrected chi connectivity index (χ2v) is 8.08. The number of amides is 2. The van der Waals surface area contributed by atoms with Crippen LogP contribution in [-0.2, 0) is 13.1 Å². The van der Waals surface area contributed by atoms with E-state index in [9.17, 15) is 9.59 Å². The molecule has 1 saturated heterocycles. The summed E-state index contributed by atoms with van der Waals surface area (Å²) in [6, 6.07) is 16.0. The molecule has 1 fully saturated rings. The molecule has 174 valence electrons. The van der Waals surface area contributed by atoms with Gasteiger partial charge in [-0.15, -0.1) is 0 Å². The molecule has 1 aromatic heterocycles. The van der Waals surface area contributed by atoms with Crippen LogP contribution in [0.1, 0.15) is 46.9 Å². The molecule has 3 heterocycles. The summed E-state index contributed by atoms with van der Waals surface area (Å²) in [5.74, 6) is 0.0463. The zero-order valence-corrected chi connectivity index (χ0v) is 20.2. The Bertz CT molecular complexity index is 1160. The first-order chi connectivity index (χ1) is 16.0. The Morgan fingerprint density at radius 2 is 1.79 bits per heavy atom. The van der Waals surface area contributed by atoms with Crippen molar-refractivity contribution in [2.24, 2.45) is 0 Å². The summed E-state index contributed by atoms with van der Waals surface area (Å²) in [6.45, 7) is 5.92. The van der Waals surface area contributed by atoms with Crippen molar-refractivity contribution in [2.45, 2.75) is 32.9 Å². The van der Waals surface area contributed by atoms with Gasteiger partial charge in [0, 0.05) is 49.3 Å². The number of para-hydroxylation sites is 1. The Hall–Kier alpha value is -3.07. The molecule has 2 aromatic carbocycles. The van der Waals surface area contributed by atoms with E-state index in [1.807, 2.05) is 49.1 Å². The Balaban J connectivity index is 0.000000569. The number of aldehydes is 1. The van der Waals surface area contributed by atoms with E-state index in [1.165, 1.54) is 18.0 Å². The second-order valence-electron chi connectivity index (χ2n) is 7.66. The fraction of sp³-hybridized carbons (Fsp3) is 0.320. The first-order valence-electron chi connectivity index (χ1n) is 11.0. The van der Waals surface area contributed by atoms with Crippen molar-refractivity contribution in [3.05, 3.63) is 70.9 Å². The Kier molecular flexibility index (Phi) is 7.97. The first kappa shape index (κ1) is 24.6. The van der Waals surface area contributed by atoms with Crippen molar-refractivity contribution in [3.8, 4) is 0 Å². The second kappa shape index (κ2) is 10.7. The molecule has 2 bridgehead atoms. The lowest BCUT2D eigenvalue weighted by Gasteiger charge is -2.42. The number of fused-ring (bicyclic) bond motifs is 6. The van der Waals surface area contributed by atoms with Gasteiger partial charge in [-0.2, -0.15) is 0 Å². The van der Waals surface area contributed by atoms with Crippen molar-refractivity contribution in [2.75, 3.05) is 20.6 Å². The first-order valence-corrected chi connectivity index (χ1v) is 11.4. The maximum Gasteiger partial charge on any atom is 0.325 e. The van der Waals surface area contributed by atoms with Crippen LogP contribution in [0.2, 0.25) is 0 Å². The molecule has 0 spiro atoms. The van der Waals surface area contributed by atoms with Crippen LogP contribution in [-0.4, -0.2) is 57.5 Å². The molecule has 1 atom stereocenters. The predicted molar refractivity (Wildman–Crippen MR) is 134 cm³/mol. The number of hydroxylamine groups is 1. The highest BCUT2D eigenvalue weighted by atomic mass is 32.1. The number of carbonyl (C=O) groups excluding carboxylic acids is 2. The third kappa shape index (κ3) is 4.55. The molecule has 2 aliphatic rings. The van der Waals surface area contributed by atoms with E-state index in [0.29, 0.717) is 30.2 Å². The topological polar surface area (TPSA) is 77.8 Å². The van der Waals surface area contributed by atoms with Gasteiger partial charge in [-0.3, -0.25) is 9.69 Å². The molecule has 0 aliphatic carbocycles. The summed E-state index contributed by atoms with van der Waals surface area (Å²) in [5.41, 5.74) is 7.09. The summed E-state index contributed by atoms with van der Waals surface area (Å²) >= 11 is 5.65. The van der Waals surface area contributed by atoms with Gasteiger partial charge in [0.1, 0.15) is 6.29 Å². The van der Waals surface area contributed by atoms with E-state index in [2.05, 4.69) is 22.8 Å². The smallest absolute Gasteiger partial charge is 0.325 e. The minimum Gasteiger partial charge on any atom is -0.338 e. The fourth-order valence-electron chi connectivity index (χ4n) is 4.45. The number of carbonyl (C=O) groups is 2. The third-order valence-electron chi connectivity index (χ3n) is 5.86. The highest BCUT2D eigenvalue weighted by Gasteiger charge is 2.42. The molecule has 2 N–H and O–H groups in total. The fourth-order valence-corrected chi connectivity index (χ4v) is 4.72. The summed E-state index contributed by atoms with van der Waals surface area (Å²) in [7, 11) is 3.20. The number of hydrogen-bond donors (Lipinski definition) is 2. The summed E-state index contributed by atoms with van der Waals surface area (Å²) in [5, 5.41) is 8.52. The number of benzene rings is 2. The van der Waals surface area contributed by atoms with E-state index in [0.717, 1.165) is 23.1 Å². The highest BCUT2D eigenvalue weighted by Crippen LogP contribution is 2.41. The average molecular weight is 467 g/mol. The summed E-state index contributed by atoms with van der Waals surface area (Å²) < 4.78 is 2.29. The predicted octanol–water partition coefficient (Wildman–Crippen LogP) is 4.42. The monoisotopic (exact) mass is 466 g/mol. The number of aromatic nitrogens is 1. The molecular formula is C25H30N4O3S. The highest BCUT2D eigenvalue weighted by molar-refractivity contribution is 7.80. The van der Waals surface area contributed by atoms with E-state index >= 15 is 0 Å². The molecule has 7 nitrogen and oxygen atoms in total. The van der Waals surface area contributed by atoms with Crippen LogP contribution in [0, 0.1) is 0 Å². The van der Waals surface area contributed by atoms with Gasteiger partial charge < -0.3 is 14.7 Å². The lowest BCUT2D eigenvalue weighted by atomic mass is 9.89. The Labute approximate surface area is 199 Å². The van der Waals surface area contributed by atoms with Crippen molar-refractivity contribution in [3.63, 3.8) is 0 Å². The van der Waals surface area contributed by atoms with Gasteiger partial charge in [-0.05, 0) is 17.2 Å². The zero-order chi connectivity index (χ0) is 24.1. The van der Waals surface area contributed by atoms with E-state index < -0.39 is 0 Å². The van der Waals surface area contributed by atoms with Gasteiger partial charge in [0.2, 0.25) is 0 Å². The SMILES string of the molecule is CC.CN1C(=O)N2Cc3c(c4ccccc4n3Cc3ccc(C=O)cc3)C(C2)C1=S.CNO. The van der Waals surface area contributed by atoms with Crippen molar-refractivity contribution in [1.82, 2.24) is 19.8 Å². The van der Waals surface area contributed by atoms with E-state index in [1.54, 1.807) is 17.4 Å². The van der Waals surface area contributed by atoms with Crippen molar-refractivity contribution >= 4 is 40.4 Å². The van der Waals surface area contributed by atoms with Crippen LogP contribution in [0.15, 0.2) is 48.5 Å². The number of nitrogens with one attached hydrogen (secondary N) is 1. The lowest BCUT2D eigenvalue weighted by molar-refractivity contribution is 0.112. The Morgan fingerprint density at radius 3 is 2.42 bits per heavy atom. The van der Waals surface area contributed by atoms with Crippen LogP contribution in [0.25, 0.3) is 10.9 Å². The van der Waals surface area contributed by atoms with Crippen LogP contribution >= 0.6 is 12.2 Å². The van der Waals surface area contributed by atoms with Crippen LogP contribution in [0.4, 0.5) is 4.79 Å². The number of hydrogen-bond acceptors (Lipinski definition) is 5. The van der Waals surface area contributed by atoms with Crippen molar-refractivity contribution < 1.29 is 14.8 Å². The maximum atomic E-state index is 12.6. The molecule has 3 aromatic rings. The molecule has 0 saturated carbocycles. The normalized spacial score (nSPS) is 16.5. The lowest BCUT2D eigenvalue weighted by Crippen LogP contribution is -2.55. The standard InChI is InChI=1S/C22H19N3O2S.C2H6.CH5NO/c1-23-21(28)17-11-24(22(23)27)12-19-20(17)16-4-2-3-5-18(16)25(19)10-14-6-8-15(13-26)9-7-14;1-2;1-2-3/h2-9,13,17H,10-12H2,1H3;1-2H3;2-3H,1H3. The van der Waals surface area contributed by atoms with Gasteiger partial charge in [-0.1, -0.05) is 68.5 Å². The van der Waals surface area contributed by atoms with Crippen molar-refractivity contribution in [1.29, 1.82) is 0 Å². The van der Waals surface area contributed by atoms with E-state index in [4.69, 9.17) is 17.4 Å². The van der Waals surface area contributed by atoms with Gasteiger partial charge >= 0.3 is 6.03 Å². The number of rotatable bonds is 3. The zero-order valence-electron chi connectivity index (χ0n) is 19.4.